The Bertz CT molecular complexity index is 460. The van der Waals surface area contributed by atoms with E-state index in [1.807, 2.05) is 0 Å². The summed E-state index contributed by atoms with van der Waals surface area (Å²) in [5.74, 6) is -0.587. The quantitative estimate of drug-likeness (QED) is 0.627. The van der Waals surface area contributed by atoms with Gasteiger partial charge in [0.2, 0.25) is 0 Å². The minimum Gasteiger partial charge on any atom is -0.490 e. The third-order valence-corrected chi connectivity index (χ3v) is 2.70. The van der Waals surface area contributed by atoms with Crippen LogP contribution in [0.25, 0.3) is 0 Å². The average molecular weight is 241 g/mol. The molecule has 0 spiro atoms. The Balaban J connectivity index is 2.38. The van der Waals surface area contributed by atoms with E-state index in [0.29, 0.717) is 13.1 Å². The topological polar surface area (TPSA) is 81.6 Å². The molecule has 0 aromatic heterocycles. The van der Waals surface area contributed by atoms with Crippen molar-refractivity contribution in [1.29, 1.82) is 0 Å². The smallest absolute Gasteiger partial charge is 0.313 e. The van der Waals surface area contributed by atoms with Gasteiger partial charge in [-0.05, 0) is 0 Å². The molecule has 2 N–H and O–H groups in total. The Morgan fingerprint density at radius 1 is 1.59 bits per heavy atom. The maximum Gasteiger partial charge on any atom is 0.313 e. The zero-order valence-electron chi connectivity index (χ0n) is 9.22. The van der Waals surface area contributed by atoms with Crippen molar-refractivity contribution in [2.75, 3.05) is 25.1 Å². The lowest BCUT2D eigenvalue weighted by atomic mass is 10.1. The molecule has 0 aliphatic carbocycles. The van der Waals surface area contributed by atoms with Crippen LogP contribution in [0.2, 0.25) is 0 Å². The van der Waals surface area contributed by atoms with Crippen LogP contribution in [-0.2, 0) is 0 Å². The molecule has 2 rings (SSSR count). The van der Waals surface area contributed by atoms with Crippen molar-refractivity contribution >= 4 is 11.4 Å². The van der Waals surface area contributed by atoms with Crippen molar-refractivity contribution in [3.8, 4) is 5.75 Å². The normalized spacial score (nSPS) is 15.6. The number of anilines is 1. The Morgan fingerprint density at radius 3 is 2.71 bits per heavy atom. The van der Waals surface area contributed by atoms with Crippen molar-refractivity contribution in [2.45, 2.75) is 6.04 Å². The van der Waals surface area contributed by atoms with E-state index in [2.05, 4.69) is 0 Å². The predicted molar refractivity (Wildman–Crippen MR) is 59.8 cm³/mol. The SMILES string of the molecule is COc1cc(N2CC(N)C2)c(F)cc1[N+](=O)[O-]. The summed E-state index contributed by atoms with van der Waals surface area (Å²) >= 11 is 0. The number of hydrogen-bond donors (Lipinski definition) is 1. The monoisotopic (exact) mass is 241 g/mol. The maximum atomic E-state index is 13.7. The molecule has 6 nitrogen and oxygen atoms in total. The summed E-state index contributed by atoms with van der Waals surface area (Å²) in [7, 11) is 1.31. The zero-order chi connectivity index (χ0) is 12.6. The highest BCUT2D eigenvalue weighted by molar-refractivity contribution is 5.61. The highest BCUT2D eigenvalue weighted by atomic mass is 19.1. The molecular formula is C10H12FN3O3. The summed E-state index contributed by atoms with van der Waals surface area (Å²) < 4.78 is 18.6. The van der Waals surface area contributed by atoms with Gasteiger partial charge in [-0.1, -0.05) is 0 Å². The second-order valence-corrected chi connectivity index (χ2v) is 3.90. The van der Waals surface area contributed by atoms with Gasteiger partial charge in [0, 0.05) is 25.2 Å². The van der Waals surface area contributed by atoms with E-state index in [1.165, 1.54) is 13.2 Å². The third-order valence-electron chi connectivity index (χ3n) is 2.70. The Morgan fingerprint density at radius 2 is 2.24 bits per heavy atom. The van der Waals surface area contributed by atoms with Gasteiger partial charge in [0.25, 0.3) is 0 Å². The van der Waals surface area contributed by atoms with E-state index in [0.717, 1.165) is 6.07 Å². The van der Waals surface area contributed by atoms with Crippen LogP contribution in [0.1, 0.15) is 0 Å². The minimum atomic E-state index is -0.673. The molecule has 0 radical (unpaired) electrons. The highest BCUT2D eigenvalue weighted by Crippen LogP contribution is 2.35. The van der Waals surface area contributed by atoms with Crippen LogP contribution in [0.3, 0.4) is 0 Å². The van der Waals surface area contributed by atoms with Crippen LogP contribution in [0, 0.1) is 15.9 Å². The summed E-state index contributed by atoms with van der Waals surface area (Å²) in [6, 6.07) is 2.23. The second-order valence-electron chi connectivity index (χ2n) is 3.90. The number of hydrogen-bond acceptors (Lipinski definition) is 5. The molecule has 1 aromatic carbocycles. The molecule has 0 bridgehead atoms. The number of nitro groups is 1. The molecule has 0 saturated carbocycles. The number of halogens is 1. The maximum absolute atomic E-state index is 13.7. The fourth-order valence-electron chi connectivity index (χ4n) is 1.79. The van der Waals surface area contributed by atoms with Crippen molar-refractivity contribution < 1.29 is 14.1 Å². The van der Waals surface area contributed by atoms with Crippen LogP contribution in [0.5, 0.6) is 5.75 Å². The van der Waals surface area contributed by atoms with Crippen LogP contribution in [0.4, 0.5) is 15.8 Å². The molecule has 17 heavy (non-hydrogen) atoms. The number of nitrogens with two attached hydrogens (primary N) is 1. The summed E-state index contributed by atoms with van der Waals surface area (Å²) in [6.07, 6.45) is 0. The Hall–Kier alpha value is -1.89. The van der Waals surface area contributed by atoms with Crippen molar-refractivity contribution in [2.24, 2.45) is 5.73 Å². The van der Waals surface area contributed by atoms with Gasteiger partial charge in [-0.25, -0.2) is 4.39 Å². The molecule has 0 amide bonds. The van der Waals surface area contributed by atoms with E-state index < -0.39 is 10.7 Å². The van der Waals surface area contributed by atoms with Gasteiger partial charge in [-0.15, -0.1) is 0 Å². The molecule has 1 fully saturated rings. The number of benzene rings is 1. The lowest BCUT2D eigenvalue weighted by Gasteiger charge is -2.38. The van der Waals surface area contributed by atoms with Crippen molar-refractivity contribution in [1.82, 2.24) is 0 Å². The first kappa shape index (κ1) is 11.6. The number of nitrogens with zero attached hydrogens (tertiary/aromatic N) is 2. The zero-order valence-corrected chi connectivity index (χ0v) is 9.22. The first-order valence-electron chi connectivity index (χ1n) is 5.05. The summed E-state index contributed by atoms with van der Waals surface area (Å²) in [5.41, 5.74) is 5.51. The van der Waals surface area contributed by atoms with Crippen molar-refractivity contribution in [3.63, 3.8) is 0 Å². The number of ether oxygens (including phenoxy) is 1. The van der Waals surface area contributed by atoms with Crippen LogP contribution >= 0.6 is 0 Å². The first-order valence-corrected chi connectivity index (χ1v) is 5.05. The van der Waals surface area contributed by atoms with Crippen LogP contribution in [0.15, 0.2) is 12.1 Å². The van der Waals surface area contributed by atoms with Gasteiger partial charge >= 0.3 is 5.69 Å². The fourth-order valence-corrected chi connectivity index (χ4v) is 1.79. The van der Waals surface area contributed by atoms with E-state index in [-0.39, 0.29) is 23.2 Å². The van der Waals surface area contributed by atoms with Gasteiger partial charge in [0.1, 0.15) is 0 Å². The standard InChI is InChI=1S/C10H12FN3O3/c1-17-10-3-8(13-4-6(12)5-13)7(11)2-9(10)14(15)16/h2-3,6H,4-5,12H2,1H3. The van der Waals surface area contributed by atoms with E-state index in [1.54, 1.807) is 4.90 Å². The fraction of sp³-hybridized carbons (Fsp3) is 0.400. The predicted octanol–water partition coefficient (Wildman–Crippen LogP) is 0.890. The van der Waals surface area contributed by atoms with Crippen LogP contribution in [-0.4, -0.2) is 31.2 Å². The van der Waals surface area contributed by atoms with E-state index in [9.17, 15) is 14.5 Å². The second kappa shape index (κ2) is 4.17. The van der Waals surface area contributed by atoms with Crippen LogP contribution < -0.4 is 15.4 Å². The lowest BCUT2D eigenvalue weighted by molar-refractivity contribution is -0.385. The van der Waals surface area contributed by atoms with Gasteiger partial charge in [0.15, 0.2) is 11.6 Å². The Labute approximate surface area is 96.9 Å². The Kier molecular flexibility index (Phi) is 2.84. The minimum absolute atomic E-state index is 0.0237. The van der Waals surface area contributed by atoms with Gasteiger partial charge in [-0.3, -0.25) is 10.1 Å². The average Bonchev–Trinajstić information content (AvgIpc) is 2.25. The van der Waals surface area contributed by atoms with E-state index >= 15 is 0 Å². The molecule has 1 aliphatic rings. The van der Waals surface area contributed by atoms with Gasteiger partial charge in [0.05, 0.1) is 23.8 Å². The van der Waals surface area contributed by atoms with Crippen molar-refractivity contribution in [3.05, 3.63) is 28.1 Å². The highest BCUT2D eigenvalue weighted by Gasteiger charge is 2.28. The molecule has 92 valence electrons. The largest absolute Gasteiger partial charge is 0.490 e. The molecule has 1 heterocycles. The number of nitro benzene ring substituents is 1. The van der Waals surface area contributed by atoms with Gasteiger partial charge in [-0.2, -0.15) is 0 Å². The number of methoxy groups -OCH3 is 1. The molecule has 1 saturated heterocycles. The molecule has 7 heteroatoms. The lowest BCUT2D eigenvalue weighted by Crippen LogP contribution is -2.56. The van der Waals surface area contributed by atoms with Gasteiger partial charge < -0.3 is 15.4 Å². The molecule has 0 atom stereocenters. The molecule has 1 aromatic rings. The summed E-state index contributed by atoms with van der Waals surface area (Å²) in [6.45, 7) is 1.08. The third kappa shape index (κ3) is 2.01. The number of rotatable bonds is 3. The first-order chi connectivity index (χ1) is 8.02. The molecule has 0 unspecified atom stereocenters. The van der Waals surface area contributed by atoms with E-state index in [4.69, 9.17) is 10.5 Å². The summed E-state index contributed by atoms with van der Waals surface area (Å²) in [5, 5.41) is 10.7. The molecule has 1 aliphatic heterocycles. The summed E-state index contributed by atoms with van der Waals surface area (Å²) in [4.78, 5) is 11.7. The molecular weight excluding hydrogens is 229 g/mol.